The number of amides is 2. The molecule has 2 saturated heterocycles. The van der Waals surface area contributed by atoms with Gasteiger partial charge < -0.3 is 4.90 Å². The van der Waals surface area contributed by atoms with Crippen molar-refractivity contribution < 1.29 is 18.4 Å². The number of thiazole rings is 1. The largest absolute Gasteiger partial charge is 0.344 e. The van der Waals surface area contributed by atoms with Gasteiger partial charge in [-0.2, -0.15) is 13.8 Å². The van der Waals surface area contributed by atoms with Crippen molar-refractivity contribution in [2.24, 2.45) is 0 Å². The monoisotopic (exact) mass is 365 g/mol. The predicted molar refractivity (Wildman–Crippen MR) is 88.0 cm³/mol. The Labute approximate surface area is 147 Å². The van der Waals surface area contributed by atoms with Crippen LogP contribution in [0.25, 0.3) is 0 Å². The summed E-state index contributed by atoms with van der Waals surface area (Å²) in [6.45, 7) is 0.504. The smallest absolute Gasteiger partial charge is 0.311 e. The molecule has 2 aliphatic rings. The predicted octanol–water partition coefficient (Wildman–Crippen LogP) is 3.64. The van der Waals surface area contributed by atoms with E-state index >= 15 is 0 Å². The zero-order chi connectivity index (χ0) is 17.4. The Kier molecular flexibility index (Phi) is 4.16. The van der Waals surface area contributed by atoms with Gasteiger partial charge in [-0.3, -0.25) is 4.84 Å². The third-order valence-electron chi connectivity index (χ3n) is 4.67. The topological polar surface area (TPSA) is 45.7 Å². The molecule has 5 nitrogen and oxygen atoms in total. The number of hydroxylamine groups is 2. The summed E-state index contributed by atoms with van der Waals surface area (Å²) < 4.78 is 29.6. The number of piperidine rings is 1. The van der Waals surface area contributed by atoms with Crippen molar-refractivity contribution in [1.29, 1.82) is 0 Å². The van der Waals surface area contributed by atoms with Crippen molar-refractivity contribution in [2.45, 2.75) is 37.5 Å². The molecule has 2 aromatic rings. The molecule has 3 heterocycles. The average molecular weight is 365 g/mol. The Morgan fingerprint density at radius 2 is 2.08 bits per heavy atom. The first-order chi connectivity index (χ1) is 12.1. The molecule has 2 aliphatic heterocycles. The number of alkyl halides is 2. The van der Waals surface area contributed by atoms with Gasteiger partial charge in [0.05, 0.1) is 6.04 Å². The number of rotatable bonds is 5. The van der Waals surface area contributed by atoms with Crippen LogP contribution in [0.1, 0.15) is 23.4 Å². The third kappa shape index (κ3) is 2.89. The summed E-state index contributed by atoms with van der Waals surface area (Å²) in [6.07, 6.45) is 2.08. The number of halogens is 2. The first-order valence-electron chi connectivity index (χ1n) is 8.12. The maximum absolute atomic E-state index is 14.8. The average Bonchev–Trinajstić information content (AvgIpc) is 3.24. The van der Waals surface area contributed by atoms with Crippen LogP contribution < -0.4 is 0 Å². The number of aromatic nitrogens is 1. The van der Waals surface area contributed by atoms with Crippen LogP contribution in [-0.4, -0.2) is 39.6 Å². The van der Waals surface area contributed by atoms with E-state index in [9.17, 15) is 13.6 Å². The minimum absolute atomic E-state index is 0.181. The van der Waals surface area contributed by atoms with Crippen molar-refractivity contribution in [3.8, 4) is 0 Å². The molecule has 132 valence electrons. The molecular formula is C17H17F2N3O2S. The second-order valence-electron chi connectivity index (χ2n) is 6.23. The minimum Gasteiger partial charge on any atom is -0.311 e. The normalized spacial score (nSPS) is 23.4. The fraction of sp³-hybridized carbons (Fsp3) is 0.412. The van der Waals surface area contributed by atoms with Crippen molar-refractivity contribution in [1.82, 2.24) is 14.9 Å². The van der Waals surface area contributed by atoms with Gasteiger partial charge >= 0.3 is 12.0 Å². The number of carbonyl (C=O) groups excluding carboxylic acids is 1. The number of benzene rings is 1. The Balaban J connectivity index is 1.48. The highest BCUT2D eigenvalue weighted by atomic mass is 32.1. The molecule has 25 heavy (non-hydrogen) atoms. The lowest BCUT2D eigenvalue weighted by Gasteiger charge is -2.34. The van der Waals surface area contributed by atoms with Gasteiger partial charge in [0.25, 0.3) is 0 Å². The van der Waals surface area contributed by atoms with Gasteiger partial charge in [0, 0.05) is 18.1 Å². The van der Waals surface area contributed by atoms with Gasteiger partial charge in [0.15, 0.2) is 5.01 Å². The van der Waals surface area contributed by atoms with E-state index in [4.69, 9.17) is 4.84 Å². The summed E-state index contributed by atoms with van der Waals surface area (Å²) in [6, 6.07) is 7.62. The van der Waals surface area contributed by atoms with Crippen LogP contribution in [-0.2, 0) is 17.4 Å². The molecule has 2 fully saturated rings. The van der Waals surface area contributed by atoms with E-state index in [-0.39, 0.29) is 30.6 Å². The lowest BCUT2D eigenvalue weighted by molar-refractivity contribution is -0.140. The molecule has 0 saturated carbocycles. The standard InChI is InChI=1S/C17H17F2N3O2S/c18-17(19,15-20-8-9-25-15)14-7-6-13-10-21(14)16(23)22(13)24-11-12-4-2-1-3-5-12/h1-5,8-9,13-14H,6-7,10-11H2/t13-,14-/m0/s1. The maximum atomic E-state index is 14.8. The first-order valence-corrected chi connectivity index (χ1v) is 9.00. The van der Waals surface area contributed by atoms with Gasteiger partial charge in [-0.05, 0) is 18.4 Å². The van der Waals surface area contributed by atoms with Crippen LogP contribution in [0.2, 0.25) is 0 Å². The minimum atomic E-state index is -3.15. The fourth-order valence-electron chi connectivity index (χ4n) is 3.42. The molecule has 4 rings (SSSR count). The molecule has 0 unspecified atom stereocenters. The van der Waals surface area contributed by atoms with E-state index in [1.165, 1.54) is 21.5 Å². The molecule has 0 spiro atoms. The van der Waals surface area contributed by atoms with Gasteiger partial charge in [-0.25, -0.2) is 9.78 Å². The molecule has 1 aromatic heterocycles. The second kappa shape index (κ2) is 6.34. The van der Waals surface area contributed by atoms with Crippen molar-refractivity contribution in [3.63, 3.8) is 0 Å². The van der Waals surface area contributed by atoms with Crippen LogP contribution >= 0.6 is 11.3 Å². The summed E-state index contributed by atoms with van der Waals surface area (Å²) >= 11 is 0.915. The SMILES string of the molecule is O=C1N2C[C@H](CC[C@H]2C(F)(F)c2nccs2)N1OCc1ccccc1. The Morgan fingerprint density at radius 3 is 2.80 bits per heavy atom. The molecule has 8 heteroatoms. The number of nitrogens with zero attached hydrogens (tertiary/aromatic N) is 3. The number of fused-ring (bicyclic) bond motifs is 2. The Bertz CT molecular complexity index is 742. The summed E-state index contributed by atoms with van der Waals surface area (Å²) in [5.74, 6) is -3.15. The van der Waals surface area contributed by atoms with Crippen LogP contribution in [0, 0.1) is 0 Å². The Hall–Kier alpha value is -2.06. The molecule has 2 atom stereocenters. The second-order valence-corrected chi connectivity index (χ2v) is 7.12. The van der Waals surface area contributed by atoms with E-state index in [1.54, 1.807) is 0 Å². The van der Waals surface area contributed by atoms with Crippen LogP contribution in [0.15, 0.2) is 41.9 Å². The van der Waals surface area contributed by atoms with Crippen molar-refractivity contribution in [3.05, 3.63) is 52.5 Å². The third-order valence-corrected chi connectivity index (χ3v) is 5.53. The fourth-order valence-corrected chi connectivity index (χ4v) is 4.09. The van der Waals surface area contributed by atoms with Crippen molar-refractivity contribution >= 4 is 17.4 Å². The Morgan fingerprint density at radius 1 is 1.28 bits per heavy atom. The molecule has 2 amide bonds. The van der Waals surface area contributed by atoms with E-state index in [0.717, 1.165) is 16.9 Å². The molecule has 0 radical (unpaired) electrons. The molecule has 2 bridgehead atoms. The lowest BCUT2D eigenvalue weighted by Crippen LogP contribution is -2.49. The van der Waals surface area contributed by atoms with Gasteiger partial charge in [0.1, 0.15) is 12.6 Å². The maximum Gasteiger partial charge on any atom is 0.344 e. The van der Waals surface area contributed by atoms with Gasteiger partial charge in [0.2, 0.25) is 0 Å². The molecular weight excluding hydrogens is 348 g/mol. The summed E-state index contributed by atoms with van der Waals surface area (Å²) in [4.78, 5) is 23.3. The zero-order valence-electron chi connectivity index (χ0n) is 13.3. The highest BCUT2D eigenvalue weighted by Gasteiger charge is 2.56. The highest BCUT2D eigenvalue weighted by molar-refractivity contribution is 7.09. The van der Waals surface area contributed by atoms with E-state index < -0.39 is 18.0 Å². The van der Waals surface area contributed by atoms with E-state index in [1.807, 2.05) is 30.3 Å². The van der Waals surface area contributed by atoms with Gasteiger partial charge in [-0.1, -0.05) is 30.3 Å². The van der Waals surface area contributed by atoms with Gasteiger partial charge in [-0.15, -0.1) is 11.3 Å². The first kappa shape index (κ1) is 16.4. The van der Waals surface area contributed by atoms with E-state index in [2.05, 4.69) is 4.98 Å². The number of urea groups is 1. The molecule has 1 aromatic carbocycles. The number of hydrogen-bond acceptors (Lipinski definition) is 4. The van der Waals surface area contributed by atoms with Crippen LogP contribution in [0.5, 0.6) is 0 Å². The zero-order valence-corrected chi connectivity index (χ0v) is 14.2. The summed E-state index contributed by atoms with van der Waals surface area (Å²) in [5.41, 5.74) is 0.927. The quantitative estimate of drug-likeness (QED) is 0.813. The lowest BCUT2D eigenvalue weighted by atomic mass is 9.96. The van der Waals surface area contributed by atoms with Crippen molar-refractivity contribution in [2.75, 3.05) is 6.54 Å². The summed E-state index contributed by atoms with van der Waals surface area (Å²) in [5, 5.41) is 2.55. The molecule has 0 N–H and O–H groups in total. The number of hydrogen-bond donors (Lipinski definition) is 0. The van der Waals surface area contributed by atoms with Crippen LogP contribution in [0.4, 0.5) is 13.6 Å². The van der Waals surface area contributed by atoms with Crippen LogP contribution in [0.3, 0.4) is 0 Å². The number of carbonyl (C=O) groups is 1. The highest BCUT2D eigenvalue weighted by Crippen LogP contribution is 2.43. The molecule has 0 aliphatic carbocycles. The van der Waals surface area contributed by atoms with E-state index in [0.29, 0.717) is 6.42 Å². The summed E-state index contributed by atoms with van der Waals surface area (Å²) in [7, 11) is 0.